The summed E-state index contributed by atoms with van der Waals surface area (Å²) >= 11 is 0. The number of hydrogen-bond donors (Lipinski definition) is 0. The van der Waals surface area contributed by atoms with Gasteiger partial charge in [0, 0.05) is 25.5 Å². The van der Waals surface area contributed by atoms with Gasteiger partial charge in [0.05, 0.1) is 17.9 Å². The molecule has 2 aromatic rings. The van der Waals surface area contributed by atoms with Gasteiger partial charge in [0.2, 0.25) is 0 Å². The van der Waals surface area contributed by atoms with Crippen molar-refractivity contribution in [3.63, 3.8) is 0 Å². The molecule has 0 spiro atoms. The van der Waals surface area contributed by atoms with Crippen molar-refractivity contribution < 1.29 is 14.3 Å². The molecule has 1 aromatic carbocycles. The topological polar surface area (TPSA) is 105 Å². The number of rotatable bonds is 7. The Morgan fingerprint density at radius 3 is 2.50 bits per heavy atom. The Morgan fingerprint density at radius 1 is 1.25 bits per heavy atom. The Bertz CT molecular complexity index is 974. The highest BCUT2D eigenvalue weighted by Gasteiger charge is 2.25. The van der Waals surface area contributed by atoms with Crippen molar-refractivity contribution in [2.45, 2.75) is 39.8 Å². The Labute approximate surface area is 163 Å². The summed E-state index contributed by atoms with van der Waals surface area (Å²) in [5.41, 5.74) is -0.281. The van der Waals surface area contributed by atoms with Crippen LogP contribution in [0, 0.1) is 17.2 Å². The molecule has 0 saturated carbocycles. The van der Waals surface area contributed by atoms with Crippen LogP contribution in [0.4, 0.5) is 0 Å². The first-order valence-electron chi connectivity index (χ1n) is 9.09. The molecule has 0 N–H and O–H groups in total. The van der Waals surface area contributed by atoms with Crippen LogP contribution in [-0.4, -0.2) is 46.3 Å². The molecule has 1 aromatic heterocycles. The monoisotopic (exact) mass is 384 g/mol. The number of fused-ring (bicyclic) bond motifs is 1. The number of nitrogens with zero attached hydrogens (tertiary/aromatic N) is 4. The van der Waals surface area contributed by atoms with E-state index in [1.54, 1.807) is 31.3 Å². The molecule has 1 heterocycles. The van der Waals surface area contributed by atoms with Crippen LogP contribution >= 0.6 is 0 Å². The molecule has 0 saturated heterocycles. The van der Waals surface area contributed by atoms with Crippen molar-refractivity contribution >= 4 is 22.6 Å². The van der Waals surface area contributed by atoms with E-state index in [0.29, 0.717) is 17.3 Å². The number of amides is 1. The normalized spacial score (nSPS) is 11.9. The Morgan fingerprint density at radius 2 is 1.89 bits per heavy atom. The number of aromatic nitrogens is 2. The van der Waals surface area contributed by atoms with Crippen molar-refractivity contribution in [3.8, 4) is 6.07 Å². The minimum absolute atomic E-state index is 0.00446. The van der Waals surface area contributed by atoms with Gasteiger partial charge in [0.15, 0.2) is 11.8 Å². The summed E-state index contributed by atoms with van der Waals surface area (Å²) in [4.78, 5) is 39.0. The molecule has 148 valence electrons. The van der Waals surface area contributed by atoms with E-state index in [1.165, 1.54) is 16.5 Å². The van der Waals surface area contributed by atoms with Gasteiger partial charge in [-0.05, 0) is 18.9 Å². The highest BCUT2D eigenvalue weighted by molar-refractivity contribution is 6.02. The Hall–Kier alpha value is -3.21. The van der Waals surface area contributed by atoms with Crippen LogP contribution in [0.1, 0.15) is 37.7 Å². The Balaban J connectivity index is 2.34. The van der Waals surface area contributed by atoms with Gasteiger partial charge in [-0.3, -0.25) is 9.59 Å². The number of carbonyl (C=O) groups is 2. The third-order valence-corrected chi connectivity index (χ3v) is 4.17. The van der Waals surface area contributed by atoms with Crippen LogP contribution < -0.4 is 5.56 Å². The number of hydrogen-bond acceptors (Lipinski definition) is 6. The summed E-state index contributed by atoms with van der Waals surface area (Å²) in [6.45, 7) is 5.96. The quantitative estimate of drug-likeness (QED) is 0.676. The minimum Gasteiger partial charge on any atom is -0.448 e. The number of carbonyl (C=O) groups excluding carboxylic acids is 2. The number of nitriles is 1. The molecule has 0 fully saturated rings. The summed E-state index contributed by atoms with van der Waals surface area (Å²) < 4.78 is 6.58. The predicted molar refractivity (Wildman–Crippen MR) is 104 cm³/mol. The first-order chi connectivity index (χ1) is 13.3. The predicted octanol–water partition coefficient (Wildman–Crippen LogP) is 1.97. The zero-order valence-corrected chi connectivity index (χ0v) is 16.5. The van der Waals surface area contributed by atoms with Crippen molar-refractivity contribution in [3.05, 3.63) is 40.3 Å². The smallest absolute Gasteiger partial charge is 0.360 e. The summed E-state index contributed by atoms with van der Waals surface area (Å²) in [6.07, 6.45) is -0.850. The fourth-order valence-corrected chi connectivity index (χ4v) is 2.76. The summed E-state index contributed by atoms with van der Waals surface area (Å²) in [6, 6.07) is 8.65. The molecule has 0 aliphatic heterocycles. The zero-order valence-electron chi connectivity index (χ0n) is 16.5. The Kier molecular flexibility index (Phi) is 6.88. The molecule has 8 heteroatoms. The molecule has 0 bridgehead atoms. The number of ether oxygens (including phenoxy) is 1. The van der Waals surface area contributed by atoms with Gasteiger partial charge in [-0.25, -0.2) is 9.48 Å². The fourth-order valence-electron chi connectivity index (χ4n) is 2.76. The molecule has 0 unspecified atom stereocenters. The molecule has 0 aliphatic rings. The van der Waals surface area contributed by atoms with Crippen LogP contribution in [-0.2, 0) is 16.1 Å². The second kappa shape index (κ2) is 9.13. The average molecular weight is 384 g/mol. The molecule has 28 heavy (non-hydrogen) atoms. The van der Waals surface area contributed by atoms with Gasteiger partial charge in [-0.2, -0.15) is 10.4 Å². The standard InChI is InChI=1S/C20H24N4O4/c1-13(2)12-24-19(26)16-9-6-5-8-15(16)17(22-24)20(27)28-14(3)18(25)23(4)11-7-10-21/h5-6,8-9,13-14H,7,11-12H2,1-4H3/t14-/m1/s1. The highest BCUT2D eigenvalue weighted by Crippen LogP contribution is 2.16. The average Bonchev–Trinajstić information content (AvgIpc) is 2.67. The number of likely N-dealkylation sites (N-methyl/N-ethyl adjacent to an activating group) is 1. The van der Waals surface area contributed by atoms with Crippen LogP contribution in [0.3, 0.4) is 0 Å². The van der Waals surface area contributed by atoms with Crippen molar-refractivity contribution in [2.24, 2.45) is 5.92 Å². The lowest BCUT2D eigenvalue weighted by molar-refractivity contribution is -0.138. The van der Waals surface area contributed by atoms with E-state index in [9.17, 15) is 14.4 Å². The van der Waals surface area contributed by atoms with Gasteiger partial charge in [0.25, 0.3) is 11.5 Å². The minimum atomic E-state index is -1.04. The summed E-state index contributed by atoms with van der Waals surface area (Å²) in [5.74, 6) is -1.03. The van der Waals surface area contributed by atoms with Gasteiger partial charge in [-0.1, -0.05) is 32.0 Å². The lowest BCUT2D eigenvalue weighted by atomic mass is 10.1. The lowest BCUT2D eigenvalue weighted by Crippen LogP contribution is -2.38. The van der Waals surface area contributed by atoms with E-state index in [1.807, 2.05) is 19.9 Å². The molecule has 8 nitrogen and oxygen atoms in total. The summed E-state index contributed by atoms with van der Waals surface area (Å²) in [7, 11) is 1.54. The van der Waals surface area contributed by atoms with Gasteiger partial charge in [0.1, 0.15) is 0 Å². The molecule has 0 radical (unpaired) electrons. The van der Waals surface area contributed by atoms with E-state index >= 15 is 0 Å². The SMILES string of the molecule is CC(C)Cn1nc(C(=O)O[C@H](C)C(=O)N(C)CCC#N)c2ccccc2c1=O. The first kappa shape index (κ1) is 21.1. The second-order valence-corrected chi connectivity index (χ2v) is 6.99. The molecule has 1 atom stereocenters. The molecule has 0 aliphatic carbocycles. The maximum absolute atomic E-state index is 12.7. The van der Waals surface area contributed by atoms with E-state index in [-0.39, 0.29) is 30.1 Å². The molecule has 2 rings (SSSR count). The van der Waals surface area contributed by atoms with E-state index in [2.05, 4.69) is 5.10 Å². The fraction of sp³-hybridized carbons (Fsp3) is 0.450. The van der Waals surface area contributed by atoms with Crippen LogP contribution in [0.2, 0.25) is 0 Å². The molecular formula is C20H24N4O4. The van der Waals surface area contributed by atoms with Crippen LogP contribution in [0.15, 0.2) is 29.1 Å². The summed E-state index contributed by atoms with van der Waals surface area (Å²) in [5, 5.41) is 13.6. The lowest BCUT2D eigenvalue weighted by Gasteiger charge is -2.20. The largest absolute Gasteiger partial charge is 0.448 e. The third-order valence-electron chi connectivity index (χ3n) is 4.17. The van der Waals surface area contributed by atoms with Gasteiger partial charge < -0.3 is 9.64 Å². The second-order valence-electron chi connectivity index (χ2n) is 6.99. The molecular weight excluding hydrogens is 360 g/mol. The van der Waals surface area contributed by atoms with Crippen molar-refractivity contribution in [1.29, 1.82) is 5.26 Å². The maximum Gasteiger partial charge on any atom is 0.360 e. The van der Waals surface area contributed by atoms with Gasteiger partial charge in [-0.15, -0.1) is 0 Å². The third kappa shape index (κ3) is 4.74. The van der Waals surface area contributed by atoms with Crippen molar-refractivity contribution in [2.75, 3.05) is 13.6 Å². The van der Waals surface area contributed by atoms with E-state index in [4.69, 9.17) is 10.00 Å². The van der Waals surface area contributed by atoms with Crippen LogP contribution in [0.25, 0.3) is 10.8 Å². The number of benzene rings is 1. The highest BCUT2D eigenvalue weighted by atomic mass is 16.5. The molecule has 1 amide bonds. The van der Waals surface area contributed by atoms with E-state index < -0.39 is 18.0 Å². The van der Waals surface area contributed by atoms with Gasteiger partial charge >= 0.3 is 5.97 Å². The zero-order chi connectivity index (χ0) is 20.8. The van der Waals surface area contributed by atoms with E-state index in [0.717, 1.165) is 0 Å². The van der Waals surface area contributed by atoms with Crippen molar-refractivity contribution in [1.82, 2.24) is 14.7 Å². The number of esters is 1. The maximum atomic E-state index is 12.7. The van der Waals surface area contributed by atoms with Crippen LogP contribution in [0.5, 0.6) is 0 Å². The first-order valence-corrected chi connectivity index (χ1v) is 9.09.